The van der Waals surface area contributed by atoms with E-state index in [1.54, 1.807) is 18.2 Å². The van der Waals surface area contributed by atoms with Crippen LogP contribution < -0.4 is 28.7 Å². The molecule has 0 aromatic heterocycles. The summed E-state index contributed by atoms with van der Waals surface area (Å²) in [5.41, 5.74) is 1.89. The fourth-order valence-electron chi connectivity index (χ4n) is 2.09. The summed E-state index contributed by atoms with van der Waals surface area (Å²) in [4.78, 5) is 11.0. The van der Waals surface area contributed by atoms with Crippen molar-refractivity contribution < 1.29 is 33.5 Å². The molecule has 0 fully saturated rings. The molecule has 1 heterocycles. The van der Waals surface area contributed by atoms with E-state index in [-0.39, 0.29) is 24.4 Å². The van der Waals surface area contributed by atoms with E-state index in [1.807, 2.05) is 24.3 Å². The summed E-state index contributed by atoms with van der Waals surface area (Å²) in [6.45, 7) is 0. The summed E-state index contributed by atoms with van der Waals surface area (Å²) in [6.07, 6.45) is 0.565. The van der Waals surface area contributed by atoms with E-state index in [0.717, 1.165) is 11.3 Å². The van der Waals surface area contributed by atoms with Crippen molar-refractivity contribution in [1.29, 1.82) is 0 Å². The predicted octanol–water partition coefficient (Wildman–Crippen LogP) is -1.25. The molecule has 0 bridgehead atoms. The maximum absolute atomic E-state index is 11.0. The van der Waals surface area contributed by atoms with Crippen LogP contribution in [0.15, 0.2) is 42.5 Å². The number of hydrogen-bond acceptors (Lipinski definition) is 3. The zero-order valence-electron chi connectivity index (χ0n) is 9.97. The fourth-order valence-corrected chi connectivity index (χ4v) is 2.09. The Hall–Kier alpha value is -1.69. The Balaban J connectivity index is 0.00000120. The molecule has 1 aliphatic rings. The molecule has 0 saturated carbocycles. The van der Waals surface area contributed by atoms with Crippen LogP contribution in [-0.4, -0.2) is 5.97 Å². The summed E-state index contributed by atoms with van der Waals surface area (Å²) in [5, 5.41) is 11.0. The van der Waals surface area contributed by atoms with Crippen molar-refractivity contribution in [2.45, 2.75) is 6.42 Å². The van der Waals surface area contributed by atoms with Crippen LogP contribution in [0.3, 0.4) is 0 Å². The van der Waals surface area contributed by atoms with Crippen molar-refractivity contribution in [3.05, 3.63) is 59.2 Å². The van der Waals surface area contributed by atoms with Crippen LogP contribution >= 0.6 is 0 Å². The first kappa shape index (κ1) is 12.8. The molecule has 84 valence electrons. The van der Waals surface area contributed by atoms with Crippen LogP contribution in [0.1, 0.15) is 21.5 Å². The molecule has 0 aliphatic carbocycles. The number of carboxylic acids is 1. The molecule has 0 saturated heterocycles. The van der Waals surface area contributed by atoms with Crippen molar-refractivity contribution in [3.8, 4) is 11.5 Å². The normalized spacial score (nSPS) is 11.6. The standard InChI is InChI=1S/C14H10O3.Li/c15-14(16)10-5-3-7-13-11(10)8-9-4-1-2-6-12(9)17-13;/h1-7H,8H2,(H,15,16);/q;+1/p-1. The van der Waals surface area contributed by atoms with Gasteiger partial charge in [-0.15, -0.1) is 0 Å². The minimum Gasteiger partial charge on any atom is -0.545 e. The first-order chi connectivity index (χ1) is 8.25. The van der Waals surface area contributed by atoms with E-state index < -0.39 is 5.97 Å². The Kier molecular flexibility index (Phi) is 3.47. The first-order valence-electron chi connectivity index (χ1n) is 5.34. The van der Waals surface area contributed by atoms with Crippen LogP contribution in [0.25, 0.3) is 0 Å². The van der Waals surface area contributed by atoms with E-state index in [4.69, 9.17) is 4.74 Å². The number of ether oxygens (including phenoxy) is 1. The fraction of sp³-hybridized carbons (Fsp3) is 0.0714. The van der Waals surface area contributed by atoms with E-state index in [2.05, 4.69) is 0 Å². The Labute approximate surface area is 117 Å². The SMILES string of the molecule is O=C([O-])c1cccc2c1Cc1ccccc1O2.[Li+]. The van der Waals surface area contributed by atoms with Gasteiger partial charge in [-0.05, 0) is 17.7 Å². The predicted molar refractivity (Wildman–Crippen MR) is 60.1 cm³/mol. The van der Waals surface area contributed by atoms with Gasteiger partial charge >= 0.3 is 18.9 Å². The number of hydrogen-bond donors (Lipinski definition) is 0. The van der Waals surface area contributed by atoms with Crippen molar-refractivity contribution in [2.24, 2.45) is 0 Å². The third-order valence-corrected chi connectivity index (χ3v) is 2.91. The minimum atomic E-state index is -1.16. The van der Waals surface area contributed by atoms with Gasteiger partial charge in [-0.2, -0.15) is 0 Å². The van der Waals surface area contributed by atoms with Gasteiger partial charge in [0.05, 0.1) is 5.97 Å². The summed E-state index contributed by atoms with van der Waals surface area (Å²) in [6, 6.07) is 12.6. The molecule has 0 radical (unpaired) electrons. The summed E-state index contributed by atoms with van der Waals surface area (Å²) in [5.74, 6) is 0.228. The second kappa shape index (κ2) is 4.89. The molecule has 0 amide bonds. The summed E-state index contributed by atoms with van der Waals surface area (Å²) in [7, 11) is 0. The van der Waals surface area contributed by atoms with Crippen LogP contribution in [0, 0.1) is 0 Å². The molecule has 4 heteroatoms. The Morgan fingerprint density at radius 2 is 1.78 bits per heavy atom. The molecule has 3 rings (SSSR count). The molecular weight excluding hydrogens is 223 g/mol. The Morgan fingerprint density at radius 1 is 1.06 bits per heavy atom. The monoisotopic (exact) mass is 232 g/mol. The maximum Gasteiger partial charge on any atom is 1.00 e. The molecule has 1 aliphatic heterocycles. The third kappa shape index (κ3) is 2.03. The zero-order chi connectivity index (χ0) is 11.8. The van der Waals surface area contributed by atoms with Gasteiger partial charge in [0, 0.05) is 17.5 Å². The molecule has 2 aromatic carbocycles. The number of rotatable bonds is 1. The van der Waals surface area contributed by atoms with Crippen molar-refractivity contribution in [1.82, 2.24) is 0 Å². The Morgan fingerprint density at radius 3 is 2.56 bits per heavy atom. The number of aromatic carboxylic acids is 1. The van der Waals surface area contributed by atoms with Gasteiger partial charge in [0.1, 0.15) is 11.5 Å². The van der Waals surface area contributed by atoms with Crippen LogP contribution in [0.4, 0.5) is 0 Å². The Bertz CT molecular complexity index is 608. The second-order valence-corrected chi connectivity index (χ2v) is 3.96. The molecule has 0 unspecified atom stereocenters. The van der Waals surface area contributed by atoms with Gasteiger partial charge in [0.25, 0.3) is 0 Å². The van der Waals surface area contributed by atoms with E-state index in [9.17, 15) is 9.90 Å². The average Bonchev–Trinajstić information content (AvgIpc) is 2.35. The molecule has 18 heavy (non-hydrogen) atoms. The van der Waals surface area contributed by atoms with Gasteiger partial charge < -0.3 is 14.6 Å². The molecule has 2 aromatic rings. The van der Waals surface area contributed by atoms with E-state index in [1.165, 1.54) is 0 Å². The smallest absolute Gasteiger partial charge is 0.545 e. The largest absolute Gasteiger partial charge is 1.00 e. The number of carbonyl (C=O) groups is 1. The third-order valence-electron chi connectivity index (χ3n) is 2.91. The zero-order valence-corrected chi connectivity index (χ0v) is 9.97. The first-order valence-corrected chi connectivity index (χ1v) is 5.34. The molecule has 0 N–H and O–H groups in total. The van der Waals surface area contributed by atoms with Gasteiger partial charge in [0.2, 0.25) is 0 Å². The van der Waals surface area contributed by atoms with Gasteiger partial charge in [-0.25, -0.2) is 0 Å². The molecule has 0 atom stereocenters. The van der Waals surface area contributed by atoms with Crippen LogP contribution in [0.2, 0.25) is 0 Å². The second-order valence-electron chi connectivity index (χ2n) is 3.96. The van der Waals surface area contributed by atoms with Gasteiger partial charge in [-0.1, -0.05) is 30.3 Å². The van der Waals surface area contributed by atoms with E-state index in [0.29, 0.717) is 17.7 Å². The van der Waals surface area contributed by atoms with Gasteiger partial charge in [0.15, 0.2) is 0 Å². The number of carboxylic acid groups (broad SMARTS) is 1. The van der Waals surface area contributed by atoms with Crippen molar-refractivity contribution in [2.75, 3.05) is 0 Å². The van der Waals surface area contributed by atoms with Crippen LogP contribution in [-0.2, 0) is 6.42 Å². The molecular formula is C14H9LiO3. The van der Waals surface area contributed by atoms with Gasteiger partial charge in [-0.3, -0.25) is 0 Å². The van der Waals surface area contributed by atoms with E-state index >= 15 is 0 Å². The number of para-hydroxylation sites is 1. The molecule has 3 nitrogen and oxygen atoms in total. The summed E-state index contributed by atoms with van der Waals surface area (Å²) >= 11 is 0. The number of benzene rings is 2. The molecule has 0 spiro atoms. The number of carbonyl (C=O) groups excluding carboxylic acids is 1. The quantitative estimate of drug-likeness (QED) is 0.493. The van der Waals surface area contributed by atoms with Crippen molar-refractivity contribution in [3.63, 3.8) is 0 Å². The topological polar surface area (TPSA) is 49.4 Å². The summed E-state index contributed by atoms with van der Waals surface area (Å²) < 4.78 is 5.68. The minimum absolute atomic E-state index is 0. The average molecular weight is 232 g/mol. The van der Waals surface area contributed by atoms with Crippen molar-refractivity contribution >= 4 is 5.97 Å². The maximum atomic E-state index is 11.0. The van der Waals surface area contributed by atoms with Crippen LogP contribution in [0.5, 0.6) is 11.5 Å². The number of fused-ring (bicyclic) bond motifs is 2.